The van der Waals surface area contributed by atoms with Crippen LogP contribution >= 0.6 is 0 Å². The number of allylic oxidation sites excluding steroid dienone is 1. The van der Waals surface area contributed by atoms with E-state index in [9.17, 15) is 4.79 Å². The van der Waals surface area contributed by atoms with Gasteiger partial charge in [-0.05, 0) is 29.6 Å². The van der Waals surface area contributed by atoms with Crippen molar-refractivity contribution in [2.75, 3.05) is 6.61 Å². The van der Waals surface area contributed by atoms with Crippen LogP contribution in [-0.2, 0) is 9.53 Å². The van der Waals surface area contributed by atoms with E-state index in [-0.39, 0.29) is 16.8 Å². The van der Waals surface area contributed by atoms with Gasteiger partial charge in [0.2, 0.25) is 0 Å². The average molecular weight is 210 g/mol. The molecule has 0 unspecified atom stereocenters. The lowest BCUT2D eigenvalue weighted by atomic mass is 9.66. The predicted octanol–water partition coefficient (Wildman–Crippen LogP) is 3.18. The van der Waals surface area contributed by atoms with Crippen molar-refractivity contribution in [2.24, 2.45) is 16.7 Å². The lowest BCUT2D eigenvalue weighted by Gasteiger charge is -2.39. The van der Waals surface area contributed by atoms with E-state index in [0.717, 1.165) is 12.8 Å². The number of rotatable bonds is 3. The largest absolute Gasteiger partial charge is 0.466 e. The van der Waals surface area contributed by atoms with Crippen LogP contribution in [0, 0.1) is 16.7 Å². The molecule has 0 amide bonds. The maximum absolute atomic E-state index is 10.8. The summed E-state index contributed by atoms with van der Waals surface area (Å²) in [7, 11) is 0. The molecule has 0 aromatic heterocycles. The summed E-state index contributed by atoms with van der Waals surface area (Å²) in [5, 5.41) is 0. The maximum atomic E-state index is 10.8. The minimum atomic E-state index is -0.182. The van der Waals surface area contributed by atoms with Gasteiger partial charge in [-0.15, -0.1) is 6.58 Å². The quantitative estimate of drug-likeness (QED) is 0.528. The van der Waals surface area contributed by atoms with Gasteiger partial charge in [-0.2, -0.15) is 0 Å². The Hall–Kier alpha value is -0.790. The van der Waals surface area contributed by atoms with Gasteiger partial charge in [0, 0.05) is 6.92 Å². The number of carbonyl (C=O) groups is 1. The van der Waals surface area contributed by atoms with Gasteiger partial charge in [-0.1, -0.05) is 26.8 Å². The molecule has 1 fully saturated rings. The standard InChI is InChI=1S/C13H22O2/c1-6-13(5)8-7-11(12(13,3)4)9-15-10(2)14/h6,11H,1,7-9H2,2-5H3/t11-,13-/m1/s1. The van der Waals surface area contributed by atoms with Crippen LogP contribution < -0.4 is 0 Å². The van der Waals surface area contributed by atoms with Crippen LogP contribution in [0.5, 0.6) is 0 Å². The van der Waals surface area contributed by atoms with E-state index in [4.69, 9.17) is 4.74 Å². The summed E-state index contributed by atoms with van der Waals surface area (Å²) in [6.07, 6.45) is 4.30. The van der Waals surface area contributed by atoms with Crippen molar-refractivity contribution in [1.82, 2.24) is 0 Å². The third-order valence-electron chi connectivity index (χ3n) is 4.44. The first-order chi connectivity index (χ1) is 6.83. The van der Waals surface area contributed by atoms with E-state index in [0.29, 0.717) is 12.5 Å². The normalized spacial score (nSPS) is 33.7. The molecule has 0 aromatic rings. The van der Waals surface area contributed by atoms with Gasteiger partial charge < -0.3 is 4.74 Å². The first kappa shape index (κ1) is 12.3. The predicted molar refractivity (Wildman–Crippen MR) is 61.4 cm³/mol. The average Bonchev–Trinajstić information content (AvgIpc) is 2.37. The van der Waals surface area contributed by atoms with Crippen LogP contribution in [-0.4, -0.2) is 12.6 Å². The van der Waals surface area contributed by atoms with Gasteiger partial charge in [0.25, 0.3) is 0 Å². The monoisotopic (exact) mass is 210 g/mol. The Morgan fingerprint density at radius 3 is 2.53 bits per heavy atom. The van der Waals surface area contributed by atoms with Gasteiger partial charge in [-0.3, -0.25) is 4.79 Å². The van der Waals surface area contributed by atoms with Crippen molar-refractivity contribution in [2.45, 2.75) is 40.5 Å². The smallest absolute Gasteiger partial charge is 0.302 e. The number of hydrogen-bond acceptors (Lipinski definition) is 2. The Morgan fingerprint density at radius 2 is 2.13 bits per heavy atom. The topological polar surface area (TPSA) is 26.3 Å². The molecule has 2 nitrogen and oxygen atoms in total. The van der Waals surface area contributed by atoms with Gasteiger partial charge >= 0.3 is 5.97 Å². The Balaban J connectivity index is 2.71. The molecule has 2 heteroatoms. The van der Waals surface area contributed by atoms with Gasteiger partial charge in [0.1, 0.15) is 0 Å². The van der Waals surface area contributed by atoms with Crippen molar-refractivity contribution in [3.05, 3.63) is 12.7 Å². The highest BCUT2D eigenvalue weighted by molar-refractivity contribution is 5.65. The Bertz CT molecular complexity index is 268. The molecule has 2 atom stereocenters. The summed E-state index contributed by atoms with van der Waals surface area (Å²) in [6, 6.07) is 0. The molecule has 0 spiro atoms. The Labute approximate surface area is 92.7 Å². The second-order valence-corrected chi connectivity index (χ2v) is 5.38. The molecule has 0 radical (unpaired) electrons. The first-order valence-corrected chi connectivity index (χ1v) is 5.60. The Morgan fingerprint density at radius 1 is 1.53 bits per heavy atom. The van der Waals surface area contributed by atoms with E-state index in [2.05, 4.69) is 33.4 Å². The highest BCUT2D eigenvalue weighted by Crippen LogP contribution is 2.56. The van der Waals surface area contributed by atoms with Crippen LogP contribution in [0.1, 0.15) is 40.5 Å². The van der Waals surface area contributed by atoms with Crippen LogP contribution in [0.2, 0.25) is 0 Å². The fourth-order valence-electron chi connectivity index (χ4n) is 2.50. The van der Waals surface area contributed by atoms with Crippen LogP contribution in [0.4, 0.5) is 0 Å². The van der Waals surface area contributed by atoms with Crippen LogP contribution in [0.15, 0.2) is 12.7 Å². The molecule has 0 heterocycles. The molecular formula is C13H22O2. The highest BCUT2D eigenvalue weighted by Gasteiger charge is 2.49. The molecule has 15 heavy (non-hydrogen) atoms. The first-order valence-electron chi connectivity index (χ1n) is 5.60. The minimum Gasteiger partial charge on any atom is -0.466 e. The van der Waals surface area contributed by atoms with Crippen molar-refractivity contribution >= 4 is 5.97 Å². The summed E-state index contributed by atoms with van der Waals surface area (Å²) in [4.78, 5) is 10.8. The van der Waals surface area contributed by atoms with Gasteiger partial charge in [-0.25, -0.2) is 0 Å². The molecule has 1 saturated carbocycles. The van der Waals surface area contributed by atoms with E-state index < -0.39 is 0 Å². The van der Waals surface area contributed by atoms with E-state index in [1.807, 2.05) is 0 Å². The molecule has 0 aromatic carbocycles. The molecule has 0 bridgehead atoms. The second kappa shape index (κ2) is 3.99. The zero-order valence-corrected chi connectivity index (χ0v) is 10.3. The molecule has 0 saturated heterocycles. The molecule has 1 aliphatic carbocycles. The highest BCUT2D eigenvalue weighted by atomic mass is 16.5. The van der Waals surface area contributed by atoms with Crippen molar-refractivity contribution in [3.63, 3.8) is 0 Å². The summed E-state index contributed by atoms with van der Waals surface area (Å²) in [6.45, 7) is 12.7. The molecule has 1 rings (SSSR count). The molecule has 86 valence electrons. The third-order valence-corrected chi connectivity index (χ3v) is 4.44. The SMILES string of the molecule is C=C[C@]1(C)CC[C@H](COC(C)=O)C1(C)C. The fraction of sp³-hybridized carbons (Fsp3) is 0.769. The van der Waals surface area contributed by atoms with Crippen molar-refractivity contribution in [3.8, 4) is 0 Å². The minimum absolute atomic E-state index is 0.157. The second-order valence-electron chi connectivity index (χ2n) is 5.38. The van der Waals surface area contributed by atoms with E-state index >= 15 is 0 Å². The lowest BCUT2D eigenvalue weighted by molar-refractivity contribution is -0.143. The summed E-state index contributed by atoms with van der Waals surface area (Å²) >= 11 is 0. The van der Waals surface area contributed by atoms with Crippen molar-refractivity contribution in [1.29, 1.82) is 0 Å². The zero-order chi connectivity index (χ0) is 11.7. The molecule has 1 aliphatic rings. The van der Waals surface area contributed by atoms with Crippen LogP contribution in [0.3, 0.4) is 0 Å². The number of carbonyl (C=O) groups excluding carboxylic acids is 1. The molecule has 0 N–H and O–H groups in total. The lowest BCUT2D eigenvalue weighted by Crippen LogP contribution is -2.34. The van der Waals surface area contributed by atoms with E-state index in [1.54, 1.807) is 0 Å². The number of hydrogen-bond donors (Lipinski definition) is 0. The molecule has 0 aliphatic heterocycles. The molecular weight excluding hydrogens is 188 g/mol. The zero-order valence-electron chi connectivity index (χ0n) is 10.3. The van der Waals surface area contributed by atoms with E-state index in [1.165, 1.54) is 6.92 Å². The summed E-state index contributed by atoms with van der Waals surface area (Å²) < 4.78 is 5.13. The Kier molecular flexibility index (Phi) is 3.27. The van der Waals surface area contributed by atoms with Gasteiger partial charge in [0.15, 0.2) is 0 Å². The fourth-order valence-corrected chi connectivity index (χ4v) is 2.50. The summed E-state index contributed by atoms with van der Waals surface area (Å²) in [5.74, 6) is 0.266. The maximum Gasteiger partial charge on any atom is 0.302 e. The van der Waals surface area contributed by atoms with Crippen molar-refractivity contribution < 1.29 is 9.53 Å². The van der Waals surface area contributed by atoms with Gasteiger partial charge in [0.05, 0.1) is 6.61 Å². The number of ether oxygens (including phenoxy) is 1. The third kappa shape index (κ3) is 2.09. The number of esters is 1. The summed E-state index contributed by atoms with van der Waals surface area (Å²) in [5.41, 5.74) is 0.321. The van der Waals surface area contributed by atoms with Crippen LogP contribution in [0.25, 0.3) is 0 Å².